The zero-order chi connectivity index (χ0) is 23.7. The minimum atomic E-state index is -0.919. The largest absolute Gasteiger partial charge is 0.507 e. The molecule has 1 saturated heterocycles. The van der Waals surface area contributed by atoms with E-state index in [0.29, 0.717) is 27.8 Å². The first-order chi connectivity index (χ1) is 15.8. The van der Waals surface area contributed by atoms with Crippen LogP contribution in [-0.2, 0) is 16.1 Å². The number of aliphatic hydroxyl groups excluding tert-OH is 1. The van der Waals surface area contributed by atoms with Gasteiger partial charge >= 0.3 is 0 Å². The molecule has 170 valence electrons. The lowest BCUT2D eigenvalue weighted by Crippen LogP contribution is -2.29. The normalized spacial score (nSPS) is 17.5. The fraction of sp³-hybridized carbons (Fsp3) is 0.167. The summed E-state index contributed by atoms with van der Waals surface area (Å²) >= 11 is 12.3. The molecule has 2 aromatic carbocycles. The predicted molar refractivity (Wildman–Crippen MR) is 123 cm³/mol. The number of amides is 1. The highest BCUT2D eigenvalue weighted by Gasteiger charge is 2.46. The van der Waals surface area contributed by atoms with Crippen molar-refractivity contribution in [2.75, 3.05) is 14.2 Å². The standard InChI is InChI=1S/C24H19Cl2NO6/c1-31-18-8-6-14(11-19(18)32-2)22(28)20-21(13-5-7-16(25)17(26)10-13)27(24(30)23(20)29)12-15-4-3-9-33-15/h3-11,21,28H,12H2,1-2H3/t21-/m0/s1. The Balaban J connectivity index is 1.89. The minimum absolute atomic E-state index is 0.0190. The Morgan fingerprint density at radius 1 is 1.03 bits per heavy atom. The van der Waals surface area contributed by atoms with E-state index >= 15 is 0 Å². The fourth-order valence-electron chi connectivity index (χ4n) is 3.78. The van der Waals surface area contributed by atoms with Crippen molar-refractivity contribution in [2.24, 2.45) is 0 Å². The molecule has 0 saturated carbocycles. The van der Waals surface area contributed by atoms with Crippen LogP contribution in [0.25, 0.3) is 5.76 Å². The molecular weight excluding hydrogens is 469 g/mol. The first-order valence-electron chi connectivity index (χ1n) is 9.83. The highest BCUT2D eigenvalue weighted by atomic mass is 35.5. The second-order valence-electron chi connectivity index (χ2n) is 7.25. The van der Waals surface area contributed by atoms with Gasteiger partial charge in [-0.3, -0.25) is 9.59 Å². The summed E-state index contributed by atoms with van der Waals surface area (Å²) in [5.74, 6) is -0.666. The number of nitrogens with zero attached hydrogens (tertiary/aromatic N) is 1. The van der Waals surface area contributed by atoms with Crippen LogP contribution in [0.3, 0.4) is 0 Å². The third-order valence-corrected chi connectivity index (χ3v) is 6.10. The Hall–Kier alpha value is -3.42. The molecule has 1 amide bonds. The summed E-state index contributed by atoms with van der Waals surface area (Å²) in [6.07, 6.45) is 1.48. The van der Waals surface area contributed by atoms with Crippen LogP contribution in [-0.4, -0.2) is 35.9 Å². The van der Waals surface area contributed by atoms with E-state index in [1.807, 2.05) is 0 Å². The van der Waals surface area contributed by atoms with Gasteiger partial charge in [0.25, 0.3) is 11.7 Å². The van der Waals surface area contributed by atoms with E-state index in [1.165, 1.54) is 31.4 Å². The molecule has 1 aliphatic rings. The number of halogens is 2. The van der Waals surface area contributed by atoms with Crippen molar-refractivity contribution < 1.29 is 28.6 Å². The van der Waals surface area contributed by atoms with E-state index in [9.17, 15) is 14.7 Å². The summed E-state index contributed by atoms with van der Waals surface area (Å²) in [7, 11) is 2.95. The SMILES string of the molecule is COc1ccc(C(O)=C2C(=O)C(=O)N(Cc3ccco3)[C@H]2c2ccc(Cl)c(Cl)c2)cc1OC. The van der Waals surface area contributed by atoms with Crippen LogP contribution in [0.4, 0.5) is 0 Å². The zero-order valence-corrected chi connectivity index (χ0v) is 19.2. The molecule has 1 N–H and O–H groups in total. The topological polar surface area (TPSA) is 89.2 Å². The third kappa shape index (κ3) is 4.17. The van der Waals surface area contributed by atoms with Crippen LogP contribution < -0.4 is 9.47 Å². The Kier molecular flexibility index (Phi) is 6.35. The average molecular weight is 488 g/mol. The summed E-state index contributed by atoms with van der Waals surface area (Å²) in [4.78, 5) is 27.5. The highest BCUT2D eigenvalue weighted by Crippen LogP contribution is 2.42. The molecule has 0 aliphatic carbocycles. The number of likely N-dealkylation sites (tertiary alicyclic amines) is 1. The number of methoxy groups -OCH3 is 2. The molecule has 9 heteroatoms. The van der Waals surface area contributed by atoms with Crippen molar-refractivity contribution in [3.8, 4) is 11.5 Å². The van der Waals surface area contributed by atoms with Gasteiger partial charge in [0, 0.05) is 5.56 Å². The summed E-state index contributed by atoms with van der Waals surface area (Å²) < 4.78 is 15.9. The zero-order valence-electron chi connectivity index (χ0n) is 17.7. The van der Waals surface area contributed by atoms with E-state index in [4.69, 9.17) is 37.1 Å². The van der Waals surface area contributed by atoms with Crippen LogP contribution in [0.15, 0.2) is 64.8 Å². The lowest BCUT2D eigenvalue weighted by Gasteiger charge is -2.25. The number of rotatable bonds is 6. The molecular formula is C24H19Cl2NO6. The number of ketones is 1. The third-order valence-electron chi connectivity index (χ3n) is 5.36. The lowest BCUT2D eigenvalue weighted by atomic mass is 9.95. The number of ether oxygens (including phenoxy) is 2. The van der Waals surface area contributed by atoms with Gasteiger partial charge in [0.1, 0.15) is 11.5 Å². The van der Waals surface area contributed by atoms with Crippen LogP contribution >= 0.6 is 23.2 Å². The van der Waals surface area contributed by atoms with Gasteiger partial charge < -0.3 is 23.9 Å². The Morgan fingerprint density at radius 2 is 1.79 bits per heavy atom. The van der Waals surface area contributed by atoms with Crippen molar-refractivity contribution in [1.29, 1.82) is 0 Å². The quantitative estimate of drug-likeness (QED) is 0.291. The molecule has 7 nitrogen and oxygen atoms in total. The van der Waals surface area contributed by atoms with Crippen LogP contribution in [0.5, 0.6) is 11.5 Å². The number of benzene rings is 2. The summed E-state index contributed by atoms with van der Waals surface area (Å²) in [5, 5.41) is 11.8. The minimum Gasteiger partial charge on any atom is -0.507 e. The Morgan fingerprint density at radius 3 is 2.42 bits per heavy atom. The maximum absolute atomic E-state index is 13.1. The van der Waals surface area contributed by atoms with Crippen LogP contribution in [0, 0.1) is 0 Å². The molecule has 1 fully saturated rings. The number of hydrogen-bond acceptors (Lipinski definition) is 6. The molecule has 2 heterocycles. The summed E-state index contributed by atoms with van der Waals surface area (Å²) in [5.41, 5.74) is 0.711. The predicted octanol–water partition coefficient (Wildman–Crippen LogP) is 5.23. The monoisotopic (exact) mass is 487 g/mol. The number of Topliss-reactive ketones (excluding diaryl/α,β-unsaturated/α-hetero) is 1. The van der Waals surface area contributed by atoms with Gasteiger partial charge in [-0.25, -0.2) is 0 Å². The van der Waals surface area contributed by atoms with Gasteiger partial charge in [-0.1, -0.05) is 29.3 Å². The molecule has 33 heavy (non-hydrogen) atoms. The molecule has 0 radical (unpaired) electrons. The van der Waals surface area contributed by atoms with Crippen molar-refractivity contribution in [1.82, 2.24) is 4.90 Å². The maximum atomic E-state index is 13.1. The summed E-state index contributed by atoms with van der Waals surface area (Å²) in [6.45, 7) is 0.0190. The van der Waals surface area contributed by atoms with E-state index in [0.717, 1.165) is 0 Å². The first kappa shape index (κ1) is 22.8. The molecule has 3 aromatic rings. The average Bonchev–Trinajstić information content (AvgIpc) is 3.42. The van der Waals surface area contributed by atoms with E-state index in [2.05, 4.69) is 0 Å². The Bertz CT molecular complexity index is 1250. The Labute approximate surface area is 199 Å². The lowest BCUT2D eigenvalue weighted by molar-refractivity contribution is -0.140. The molecule has 1 atom stereocenters. The number of hydrogen-bond donors (Lipinski definition) is 1. The second-order valence-corrected chi connectivity index (χ2v) is 8.06. The number of carbonyl (C=O) groups excluding carboxylic acids is 2. The number of furan rings is 1. The van der Waals surface area contributed by atoms with Crippen molar-refractivity contribution in [3.63, 3.8) is 0 Å². The highest BCUT2D eigenvalue weighted by molar-refractivity contribution is 6.46. The molecule has 1 aromatic heterocycles. The van der Waals surface area contributed by atoms with E-state index < -0.39 is 17.7 Å². The van der Waals surface area contributed by atoms with Gasteiger partial charge in [0.2, 0.25) is 0 Å². The second kappa shape index (κ2) is 9.21. The van der Waals surface area contributed by atoms with E-state index in [1.54, 1.807) is 42.5 Å². The van der Waals surface area contributed by atoms with Gasteiger partial charge in [-0.15, -0.1) is 0 Å². The smallest absolute Gasteiger partial charge is 0.296 e. The van der Waals surface area contributed by atoms with Crippen molar-refractivity contribution in [2.45, 2.75) is 12.6 Å². The van der Waals surface area contributed by atoms with Gasteiger partial charge in [-0.2, -0.15) is 0 Å². The first-order valence-corrected chi connectivity index (χ1v) is 10.6. The molecule has 0 unspecified atom stereocenters. The number of carbonyl (C=O) groups is 2. The molecule has 4 rings (SSSR count). The molecule has 1 aliphatic heterocycles. The summed E-state index contributed by atoms with van der Waals surface area (Å²) in [6, 6.07) is 12.0. The van der Waals surface area contributed by atoms with Gasteiger partial charge in [-0.05, 0) is 48.0 Å². The molecule has 0 bridgehead atoms. The fourth-order valence-corrected chi connectivity index (χ4v) is 4.09. The van der Waals surface area contributed by atoms with Crippen LogP contribution in [0.2, 0.25) is 10.0 Å². The van der Waals surface area contributed by atoms with E-state index in [-0.39, 0.29) is 28.5 Å². The maximum Gasteiger partial charge on any atom is 0.296 e. The number of aliphatic hydroxyl groups is 1. The van der Waals surface area contributed by atoms with Crippen molar-refractivity contribution in [3.05, 3.63) is 87.3 Å². The van der Waals surface area contributed by atoms with Crippen LogP contribution in [0.1, 0.15) is 22.9 Å². The van der Waals surface area contributed by atoms with Crippen molar-refractivity contribution >= 4 is 40.7 Å². The van der Waals surface area contributed by atoms with Gasteiger partial charge in [0.15, 0.2) is 11.5 Å². The molecule has 0 spiro atoms. The van der Waals surface area contributed by atoms with Gasteiger partial charge in [0.05, 0.1) is 48.7 Å².